The molecule has 1 N–H and O–H groups in total. The van der Waals surface area contributed by atoms with Crippen molar-refractivity contribution in [3.63, 3.8) is 0 Å². The summed E-state index contributed by atoms with van der Waals surface area (Å²) >= 11 is 1.27. The van der Waals surface area contributed by atoms with Crippen LogP contribution in [0.1, 0.15) is 21.7 Å². The van der Waals surface area contributed by atoms with Crippen molar-refractivity contribution in [3.8, 4) is 22.7 Å². The number of nitrogens with zero attached hydrogens (tertiary/aromatic N) is 4. The third kappa shape index (κ3) is 4.60. The molecule has 176 valence electrons. The van der Waals surface area contributed by atoms with Crippen molar-refractivity contribution in [1.82, 2.24) is 19.7 Å². The second-order valence-corrected chi connectivity index (χ2v) is 8.60. The van der Waals surface area contributed by atoms with Gasteiger partial charge in [-0.05, 0) is 56.3 Å². The Balaban J connectivity index is 1.43. The van der Waals surface area contributed by atoms with Crippen LogP contribution in [-0.4, -0.2) is 32.3 Å². The molecule has 0 aliphatic carbocycles. The summed E-state index contributed by atoms with van der Waals surface area (Å²) < 4.78 is 30.8. The van der Waals surface area contributed by atoms with E-state index in [1.165, 1.54) is 23.5 Å². The van der Waals surface area contributed by atoms with Gasteiger partial charge in [0.2, 0.25) is 0 Å². The number of halogens is 2. The van der Waals surface area contributed by atoms with Gasteiger partial charge in [-0.1, -0.05) is 18.2 Å². The molecule has 0 aliphatic heterocycles. The first kappa shape index (κ1) is 22.6. The van der Waals surface area contributed by atoms with Crippen LogP contribution in [0.2, 0.25) is 0 Å². The van der Waals surface area contributed by atoms with Gasteiger partial charge in [-0.3, -0.25) is 10.1 Å². The maximum atomic E-state index is 13.3. The number of fused-ring (bicyclic) bond motifs is 1. The number of rotatable bonds is 6. The van der Waals surface area contributed by atoms with Crippen LogP contribution in [0.5, 0.6) is 5.75 Å². The highest BCUT2D eigenvalue weighted by Crippen LogP contribution is 2.29. The van der Waals surface area contributed by atoms with Gasteiger partial charge in [0, 0.05) is 16.6 Å². The molecule has 0 atom stereocenters. The summed E-state index contributed by atoms with van der Waals surface area (Å²) in [6.45, 7) is 0.795. The smallest absolute Gasteiger partial charge is 0.387 e. The van der Waals surface area contributed by atoms with E-state index in [0.717, 1.165) is 5.69 Å². The average molecular weight is 492 g/mol. The Morgan fingerprint density at radius 3 is 2.51 bits per heavy atom. The third-order valence-electron chi connectivity index (χ3n) is 5.29. The predicted octanol–water partition coefficient (Wildman–Crippen LogP) is 6.01. The van der Waals surface area contributed by atoms with E-state index in [1.54, 1.807) is 28.3 Å². The molecule has 35 heavy (non-hydrogen) atoms. The molecule has 0 bridgehead atoms. The highest BCUT2D eigenvalue weighted by atomic mass is 32.1. The van der Waals surface area contributed by atoms with Crippen LogP contribution >= 0.6 is 11.3 Å². The molecular formula is C25H19F2N5O2S. The van der Waals surface area contributed by atoms with E-state index in [1.807, 2.05) is 44.2 Å². The van der Waals surface area contributed by atoms with Crippen molar-refractivity contribution in [2.75, 3.05) is 5.32 Å². The number of hydrogen-bond donors (Lipinski definition) is 1. The van der Waals surface area contributed by atoms with Crippen LogP contribution in [0.3, 0.4) is 0 Å². The number of ether oxygens (including phenoxy) is 1. The number of para-hydroxylation sites is 1. The Hall–Kier alpha value is -4.18. The SMILES string of the molecule is Cc1cc(C(=O)Nc2nc(-c3ccc(OC(F)F)cc3)cs2)c2c(C)nn(-c3ccccc3)c2n1. The number of amides is 1. The lowest BCUT2D eigenvalue weighted by molar-refractivity contribution is -0.0498. The lowest BCUT2D eigenvalue weighted by Crippen LogP contribution is -2.13. The normalized spacial score (nSPS) is 11.2. The van der Waals surface area contributed by atoms with Crippen molar-refractivity contribution in [2.24, 2.45) is 0 Å². The molecule has 1 amide bonds. The summed E-state index contributed by atoms with van der Waals surface area (Å²) in [5.41, 5.74) is 4.61. The standard InChI is InChI=1S/C25H19F2N5O2S/c1-14-12-19(21-15(2)31-32(22(21)28-14)17-6-4-3-5-7-17)23(33)30-25-29-20(13-35-25)16-8-10-18(11-9-16)34-24(26)27/h3-13,24H,1-2H3,(H,29,30,33). The minimum absolute atomic E-state index is 0.0657. The number of aryl methyl sites for hydroxylation is 2. The Kier molecular flexibility index (Phi) is 5.96. The van der Waals surface area contributed by atoms with Gasteiger partial charge in [0.15, 0.2) is 10.8 Å². The van der Waals surface area contributed by atoms with E-state index in [4.69, 9.17) is 0 Å². The zero-order valence-electron chi connectivity index (χ0n) is 18.7. The summed E-state index contributed by atoms with van der Waals surface area (Å²) in [6.07, 6.45) is 0. The van der Waals surface area contributed by atoms with Crippen molar-refractivity contribution in [3.05, 3.63) is 83.0 Å². The lowest BCUT2D eigenvalue weighted by atomic mass is 10.1. The Labute approximate surface area is 203 Å². The average Bonchev–Trinajstić information content (AvgIpc) is 3.43. The highest BCUT2D eigenvalue weighted by Gasteiger charge is 2.20. The molecule has 0 saturated carbocycles. The monoisotopic (exact) mass is 491 g/mol. The van der Waals surface area contributed by atoms with Crippen molar-refractivity contribution in [1.29, 1.82) is 0 Å². The van der Waals surface area contributed by atoms with Crippen LogP contribution in [-0.2, 0) is 0 Å². The van der Waals surface area contributed by atoms with E-state index < -0.39 is 6.61 Å². The second-order valence-electron chi connectivity index (χ2n) is 7.74. The molecule has 0 spiro atoms. The Morgan fingerprint density at radius 2 is 1.80 bits per heavy atom. The highest BCUT2D eigenvalue weighted by molar-refractivity contribution is 7.14. The summed E-state index contributed by atoms with van der Waals surface area (Å²) in [6, 6.07) is 17.5. The van der Waals surface area contributed by atoms with E-state index in [0.29, 0.717) is 44.4 Å². The number of thiazole rings is 1. The zero-order chi connectivity index (χ0) is 24.5. The molecular weight excluding hydrogens is 472 g/mol. The van der Waals surface area contributed by atoms with Crippen LogP contribution in [0.4, 0.5) is 13.9 Å². The molecule has 0 saturated heterocycles. The quantitative estimate of drug-likeness (QED) is 0.314. The number of nitrogens with one attached hydrogen (secondary N) is 1. The largest absolute Gasteiger partial charge is 0.435 e. The maximum absolute atomic E-state index is 13.3. The maximum Gasteiger partial charge on any atom is 0.387 e. The van der Waals surface area contributed by atoms with Crippen LogP contribution in [0, 0.1) is 13.8 Å². The predicted molar refractivity (Wildman–Crippen MR) is 130 cm³/mol. The van der Waals surface area contributed by atoms with Gasteiger partial charge < -0.3 is 4.74 Å². The van der Waals surface area contributed by atoms with E-state index >= 15 is 0 Å². The van der Waals surface area contributed by atoms with E-state index in [9.17, 15) is 13.6 Å². The Morgan fingerprint density at radius 1 is 1.06 bits per heavy atom. The van der Waals surface area contributed by atoms with Crippen molar-refractivity contribution < 1.29 is 18.3 Å². The van der Waals surface area contributed by atoms with Crippen LogP contribution < -0.4 is 10.1 Å². The third-order valence-corrected chi connectivity index (χ3v) is 6.04. The number of hydrogen-bond acceptors (Lipinski definition) is 6. The number of carbonyl (C=O) groups excluding carboxylic acids is 1. The number of pyridine rings is 1. The molecule has 5 aromatic rings. The van der Waals surface area contributed by atoms with E-state index in [-0.39, 0.29) is 11.7 Å². The van der Waals surface area contributed by atoms with Gasteiger partial charge in [-0.2, -0.15) is 13.9 Å². The molecule has 0 radical (unpaired) electrons. The topological polar surface area (TPSA) is 81.9 Å². The van der Waals surface area contributed by atoms with Gasteiger partial charge in [0.05, 0.1) is 28.0 Å². The van der Waals surface area contributed by atoms with Crippen molar-refractivity contribution >= 4 is 33.4 Å². The minimum Gasteiger partial charge on any atom is -0.435 e. The summed E-state index contributed by atoms with van der Waals surface area (Å²) in [5, 5.41) is 10.3. The van der Waals surface area contributed by atoms with Crippen LogP contribution in [0.15, 0.2) is 66.0 Å². The Bertz CT molecular complexity index is 1510. The summed E-state index contributed by atoms with van der Waals surface area (Å²) in [7, 11) is 0. The zero-order valence-corrected chi connectivity index (χ0v) is 19.5. The molecule has 2 aromatic carbocycles. The number of anilines is 1. The first-order valence-corrected chi connectivity index (χ1v) is 11.5. The molecule has 0 fully saturated rings. The first-order chi connectivity index (χ1) is 16.9. The molecule has 7 nitrogen and oxygen atoms in total. The molecule has 10 heteroatoms. The molecule has 5 rings (SSSR count). The minimum atomic E-state index is -2.88. The molecule has 0 unspecified atom stereocenters. The molecule has 3 heterocycles. The van der Waals surface area contributed by atoms with Crippen molar-refractivity contribution in [2.45, 2.75) is 20.5 Å². The number of carbonyl (C=O) groups is 1. The molecule has 0 aliphatic rings. The number of benzene rings is 2. The van der Waals surface area contributed by atoms with E-state index in [2.05, 4.69) is 25.1 Å². The number of aromatic nitrogens is 4. The summed E-state index contributed by atoms with van der Waals surface area (Å²) in [4.78, 5) is 22.4. The van der Waals surface area contributed by atoms with Gasteiger partial charge in [0.25, 0.3) is 5.91 Å². The lowest BCUT2D eigenvalue weighted by Gasteiger charge is -2.07. The van der Waals surface area contributed by atoms with Gasteiger partial charge in [0.1, 0.15) is 5.75 Å². The second kappa shape index (κ2) is 9.22. The fourth-order valence-electron chi connectivity index (χ4n) is 3.78. The fourth-order valence-corrected chi connectivity index (χ4v) is 4.49. The fraction of sp³-hybridized carbons (Fsp3) is 0.120. The van der Waals surface area contributed by atoms with Gasteiger partial charge in [-0.15, -0.1) is 11.3 Å². The van der Waals surface area contributed by atoms with Gasteiger partial charge >= 0.3 is 6.61 Å². The van der Waals surface area contributed by atoms with Gasteiger partial charge in [-0.25, -0.2) is 14.6 Å². The van der Waals surface area contributed by atoms with Crippen LogP contribution in [0.25, 0.3) is 28.0 Å². The first-order valence-electron chi connectivity index (χ1n) is 10.6. The number of alkyl halides is 2. The summed E-state index contributed by atoms with van der Waals surface area (Å²) in [5.74, 6) is -0.256. The molecule has 3 aromatic heterocycles.